The molecule has 0 bridgehead atoms. The van der Waals surface area contributed by atoms with Crippen molar-refractivity contribution in [3.8, 4) is 0 Å². The molecule has 24 heavy (non-hydrogen) atoms. The van der Waals surface area contributed by atoms with E-state index in [1.807, 2.05) is 4.90 Å². The minimum Gasteiger partial charge on any atom is -0.368 e. The number of nitrogens with zero attached hydrogens (tertiary/aromatic N) is 2. The van der Waals surface area contributed by atoms with Crippen LogP contribution in [0.3, 0.4) is 0 Å². The zero-order chi connectivity index (χ0) is 17.2. The van der Waals surface area contributed by atoms with Gasteiger partial charge in [-0.15, -0.1) is 11.8 Å². The van der Waals surface area contributed by atoms with Gasteiger partial charge in [0.25, 0.3) is 0 Å². The molecule has 0 unspecified atom stereocenters. The van der Waals surface area contributed by atoms with Crippen LogP contribution in [0, 0.1) is 5.82 Å². The lowest BCUT2D eigenvalue weighted by atomic mass is 10.2. The molecular weight excluding hydrogens is 351 g/mol. The fourth-order valence-corrected chi connectivity index (χ4v) is 6.58. The van der Waals surface area contributed by atoms with Crippen LogP contribution in [0.4, 0.5) is 10.1 Å². The molecule has 0 saturated carbocycles. The molecule has 0 radical (unpaired) electrons. The summed E-state index contributed by atoms with van der Waals surface area (Å²) >= 11 is 1.46. The maximum atomic E-state index is 13.0. The lowest BCUT2D eigenvalue weighted by molar-refractivity contribution is -0.128. The molecule has 2 heterocycles. The van der Waals surface area contributed by atoms with E-state index in [4.69, 9.17) is 0 Å². The monoisotopic (exact) mass is 372 g/mol. The molecule has 5 nitrogen and oxygen atoms in total. The van der Waals surface area contributed by atoms with Gasteiger partial charge < -0.3 is 9.80 Å². The van der Waals surface area contributed by atoms with Gasteiger partial charge in [-0.2, -0.15) is 0 Å². The lowest BCUT2D eigenvalue weighted by Gasteiger charge is -2.36. The van der Waals surface area contributed by atoms with E-state index in [1.54, 1.807) is 12.1 Å². The van der Waals surface area contributed by atoms with Crippen LogP contribution < -0.4 is 4.90 Å². The minimum atomic E-state index is -2.89. The molecule has 1 amide bonds. The van der Waals surface area contributed by atoms with E-state index in [-0.39, 0.29) is 28.5 Å². The first-order valence-electron chi connectivity index (χ1n) is 8.03. The first-order chi connectivity index (χ1) is 11.4. The maximum Gasteiger partial charge on any atom is 0.232 e. The molecule has 0 aliphatic carbocycles. The van der Waals surface area contributed by atoms with Gasteiger partial charge >= 0.3 is 0 Å². The van der Waals surface area contributed by atoms with Crippen LogP contribution in [0.15, 0.2) is 24.3 Å². The van der Waals surface area contributed by atoms with Crippen molar-refractivity contribution >= 4 is 33.2 Å². The number of benzene rings is 1. The number of halogens is 1. The van der Waals surface area contributed by atoms with Gasteiger partial charge in [0.2, 0.25) is 5.91 Å². The molecule has 2 saturated heterocycles. The molecule has 1 atom stereocenters. The second-order valence-corrected chi connectivity index (χ2v) is 9.70. The van der Waals surface area contributed by atoms with Gasteiger partial charge in [0.1, 0.15) is 5.82 Å². The highest BCUT2D eigenvalue weighted by molar-refractivity contribution is 8.02. The van der Waals surface area contributed by atoms with Crippen LogP contribution in [-0.4, -0.2) is 67.9 Å². The zero-order valence-electron chi connectivity index (χ0n) is 13.4. The second-order valence-electron chi connectivity index (χ2n) is 6.18. The molecule has 0 aromatic heterocycles. The van der Waals surface area contributed by atoms with Crippen molar-refractivity contribution in [2.45, 2.75) is 11.7 Å². The molecule has 1 aromatic rings. The SMILES string of the molecule is O=C(CS[C@H]1CCS(=O)(=O)C1)N1CCN(c2ccc(F)cc2)CC1. The predicted octanol–water partition coefficient (Wildman–Crippen LogP) is 1.39. The fraction of sp³-hybridized carbons (Fsp3) is 0.562. The Morgan fingerprint density at radius 3 is 2.42 bits per heavy atom. The van der Waals surface area contributed by atoms with Crippen molar-refractivity contribution < 1.29 is 17.6 Å². The van der Waals surface area contributed by atoms with Gasteiger partial charge in [-0.25, -0.2) is 12.8 Å². The highest BCUT2D eigenvalue weighted by Gasteiger charge is 2.29. The summed E-state index contributed by atoms with van der Waals surface area (Å²) in [6, 6.07) is 6.39. The molecule has 3 rings (SSSR count). The van der Waals surface area contributed by atoms with Gasteiger partial charge in [0.05, 0.1) is 17.3 Å². The number of piperazine rings is 1. The van der Waals surface area contributed by atoms with E-state index in [0.717, 1.165) is 18.8 Å². The van der Waals surface area contributed by atoms with Crippen molar-refractivity contribution in [2.75, 3.05) is 48.3 Å². The van der Waals surface area contributed by atoms with Crippen LogP contribution in [-0.2, 0) is 14.6 Å². The quantitative estimate of drug-likeness (QED) is 0.800. The van der Waals surface area contributed by atoms with Crippen LogP contribution in [0.1, 0.15) is 6.42 Å². The third kappa shape index (κ3) is 4.42. The largest absolute Gasteiger partial charge is 0.368 e. The third-order valence-corrected chi connectivity index (χ3v) is 7.72. The van der Waals surface area contributed by atoms with Crippen molar-refractivity contribution in [1.82, 2.24) is 4.90 Å². The highest BCUT2D eigenvalue weighted by Crippen LogP contribution is 2.25. The third-order valence-electron chi connectivity index (χ3n) is 4.46. The van der Waals surface area contributed by atoms with E-state index in [2.05, 4.69) is 4.90 Å². The zero-order valence-corrected chi connectivity index (χ0v) is 15.0. The molecule has 0 N–H and O–H groups in total. The van der Waals surface area contributed by atoms with E-state index >= 15 is 0 Å². The van der Waals surface area contributed by atoms with Crippen LogP contribution in [0.2, 0.25) is 0 Å². The van der Waals surface area contributed by atoms with Crippen molar-refractivity contribution in [3.63, 3.8) is 0 Å². The Balaban J connectivity index is 1.44. The molecule has 1 aromatic carbocycles. The molecule has 0 spiro atoms. The average molecular weight is 372 g/mol. The summed E-state index contributed by atoms with van der Waals surface area (Å²) in [6.07, 6.45) is 0.651. The number of carbonyl (C=O) groups is 1. The number of anilines is 1. The number of thioether (sulfide) groups is 1. The molecule has 8 heteroatoms. The highest BCUT2D eigenvalue weighted by atomic mass is 32.2. The summed E-state index contributed by atoms with van der Waals surface area (Å²) < 4.78 is 35.9. The number of sulfone groups is 1. The van der Waals surface area contributed by atoms with Crippen molar-refractivity contribution in [2.24, 2.45) is 0 Å². The Kier molecular flexibility index (Phi) is 5.34. The summed E-state index contributed by atoms with van der Waals surface area (Å²) in [5.74, 6) is 0.608. The van der Waals surface area contributed by atoms with E-state index in [0.29, 0.717) is 25.3 Å². The summed E-state index contributed by atoms with van der Waals surface area (Å²) in [5, 5.41) is 0.0551. The predicted molar refractivity (Wildman–Crippen MR) is 94.7 cm³/mol. The van der Waals surface area contributed by atoms with Gasteiger partial charge in [0, 0.05) is 37.1 Å². The fourth-order valence-electron chi connectivity index (χ4n) is 3.04. The van der Waals surface area contributed by atoms with Gasteiger partial charge in [0.15, 0.2) is 9.84 Å². The number of hydrogen-bond donors (Lipinski definition) is 0. The molecular formula is C16H21FN2O3S2. The summed E-state index contributed by atoms with van der Waals surface area (Å²) in [5.41, 5.74) is 0.967. The Morgan fingerprint density at radius 1 is 1.17 bits per heavy atom. The number of carbonyl (C=O) groups excluding carboxylic acids is 1. The van der Waals surface area contributed by atoms with Crippen LogP contribution in [0.25, 0.3) is 0 Å². The molecule has 2 fully saturated rings. The van der Waals surface area contributed by atoms with Crippen molar-refractivity contribution in [3.05, 3.63) is 30.1 Å². The topological polar surface area (TPSA) is 57.7 Å². The van der Waals surface area contributed by atoms with Gasteiger partial charge in [-0.1, -0.05) is 0 Å². The van der Waals surface area contributed by atoms with E-state index in [9.17, 15) is 17.6 Å². The Labute approximate surface area is 146 Å². The Hall–Kier alpha value is -1.28. The van der Waals surface area contributed by atoms with E-state index < -0.39 is 9.84 Å². The Bertz CT molecular complexity index is 686. The minimum absolute atomic E-state index is 0.0551. The average Bonchev–Trinajstić information content (AvgIpc) is 2.93. The normalized spacial score (nSPS) is 23.5. The smallest absolute Gasteiger partial charge is 0.232 e. The summed E-state index contributed by atoms with van der Waals surface area (Å²) in [4.78, 5) is 16.3. The first-order valence-corrected chi connectivity index (χ1v) is 10.9. The second kappa shape index (κ2) is 7.31. The number of hydrogen-bond acceptors (Lipinski definition) is 5. The number of rotatable bonds is 4. The molecule has 2 aliphatic rings. The Morgan fingerprint density at radius 2 is 1.83 bits per heavy atom. The van der Waals surface area contributed by atoms with Gasteiger partial charge in [-0.3, -0.25) is 4.79 Å². The summed E-state index contributed by atoms with van der Waals surface area (Å²) in [7, 11) is -2.89. The van der Waals surface area contributed by atoms with E-state index in [1.165, 1.54) is 23.9 Å². The number of amides is 1. The molecule has 2 aliphatic heterocycles. The first kappa shape index (κ1) is 17.5. The van der Waals surface area contributed by atoms with Gasteiger partial charge in [-0.05, 0) is 30.7 Å². The summed E-state index contributed by atoms with van der Waals surface area (Å²) in [6.45, 7) is 2.72. The van der Waals surface area contributed by atoms with Crippen molar-refractivity contribution in [1.29, 1.82) is 0 Å². The standard InChI is InChI=1S/C16H21FN2O3S2/c17-13-1-3-14(4-2-13)18-6-8-19(9-7-18)16(20)11-23-15-5-10-24(21,22)12-15/h1-4,15H,5-12H2/t15-/m0/s1. The van der Waals surface area contributed by atoms with Crippen LogP contribution >= 0.6 is 11.8 Å². The maximum absolute atomic E-state index is 13.0. The lowest BCUT2D eigenvalue weighted by Crippen LogP contribution is -2.49. The molecule has 132 valence electrons. The van der Waals surface area contributed by atoms with Crippen LogP contribution in [0.5, 0.6) is 0 Å².